The van der Waals surface area contributed by atoms with Crippen LogP contribution in [0.25, 0.3) is 0 Å². The number of hydrogen-bond acceptors (Lipinski definition) is 2. The molecule has 0 radical (unpaired) electrons. The van der Waals surface area contributed by atoms with Crippen molar-refractivity contribution in [2.45, 2.75) is 32.6 Å². The minimum atomic E-state index is 0.279. The minimum absolute atomic E-state index is 0.279. The second kappa shape index (κ2) is 4.17. The molecule has 1 heterocycles. The summed E-state index contributed by atoms with van der Waals surface area (Å²) in [7, 11) is 1.94. The molecule has 0 aliphatic heterocycles. The molecule has 1 aromatic rings. The largest absolute Gasteiger partial charge is 0.299 e. The molecule has 0 N–H and O–H groups in total. The molecule has 1 saturated carbocycles. The molecule has 1 aliphatic carbocycles. The van der Waals surface area contributed by atoms with Crippen molar-refractivity contribution in [3.8, 4) is 0 Å². The summed E-state index contributed by atoms with van der Waals surface area (Å²) in [6, 6.07) is 0. The molecule has 0 bridgehead atoms. The maximum absolute atomic E-state index is 11.4. The molecule has 1 aliphatic rings. The molecule has 0 amide bonds. The van der Waals surface area contributed by atoms with Crippen LogP contribution in [0.4, 0.5) is 0 Å². The summed E-state index contributed by atoms with van der Waals surface area (Å²) >= 11 is 0. The third kappa shape index (κ3) is 2.28. The summed E-state index contributed by atoms with van der Waals surface area (Å²) in [6.07, 6.45) is 8.02. The zero-order valence-electron chi connectivity index (χ0n) is 9.44. The topological polar surface area (TPSA) is 34.9 Å². The maximum atomic E-state index is 11.4. The Hall–Kier alpha value is -1.12. The smallest absolute Gasteiger partial charge is 0.135 e. The van der Waals surface area contributed by atoms with Gasteiger partial charge in [-0.3, -0.25) is 9.48 Å². The third-order valence-corrected chi connectivity index (χ3v) is 3.54. The van der Waals surface area contributed by atoms with Crippen LogP contribution in [0.15, 0.2) is 12.4 Å². The van der Waals surface area contributed by atoms with Crippen LogP contribution in [0.5, 0.6) is 0 Å². The Morgan fingerprint density at radius 1 is 1.60 bits per heavy atom. The second-order valence-electron chi connectivity index (χ2n) is 4.61. The number of carbonyl (C=O) groups is 1. The number of ketones is 1. The first kappa shape index (κ1) is 10.4. The van der Waals surface area contributed by atoms with E-state index in [1.807, 2.05) is 17.9 Å². The van der Waals surface area contributed by atoms with E-state index in [4.69, 9.17) is 0 Å². The van der Waals surface area contributed by atoms with E-state index in [1.54, 1.807) is 0 Å². The Morgan fingerprint density at radius 3 is 2.93 bits per heavy atom. The van der Waals surface area contributed by atoms with Gasteiger partial charge in [-0.1, -0.05) is 6.92 Å². The number of rotatable bonds is 3. The first-order valence-corrected chi connectivity index (χ1v) is 5.67. The SMILES string of the molecule is CC1C(=O)CCC1CCc1cnn(C)c1. The normalized spacial score (nSPS) is 26.1. The molecule has 1 fully saturated rings. The third-order valence-electron chi connectivity index (χ3n) is 3.54. The number of carbonyl (C=O) groups excluding carboxylic acids is 1. The molecule has 15 heavy (non-hydrogen) atoms. The first-order chi connectivity index (χ1) is 7.16. The van der Waals surface area contributed by atoms with Gasteiger partial charge in [0.05, 0.1) is 6.20 Å². The van der Waals surface area contributed by atoms with Crippen LogP contribution >= 0.6 is 0 Å². The van der Waals surface area contributed by atoms with E-state index in [0.717, 1.165) is 25.7 Å². The van der Waals surface area contributed by atoms with E-state index in [1.165, 1.54) is 5.56 Å². The Labute approximate surface area is 90.5 Å². The van der Waals surface area contributed by atoms with Crippen molar-refractivity contribution in [3.05, 3.63) is 18.0 Å². The average molecular weight is 206 g/mol. The van der Waals surface area contributed by atoms with Crippen molar-refractivity contribution in [2.75, 3.05) is 0 Å². The van der Waals surface area contributed by atoms with Crippen LogP contribution < -0.4 is 0 Å². The second-order valence-corrected chi connectivity index (χ2v) is 4.61. The lowest BCUT2D eigenvalue weighted by Crippen LogP contribution is -2.11. The van der Waals surface area contributed by atoms with E-state index in [9.17, 15) is 4.79 Å². The highest BCUT2D eigenvalue weighted by atomic mass is 16.1. The Kier molecular flexibility index (Phi) is 2.89. The summed E-state index contributed by atoms with van der Waals surface area (Å²) in [4.78, 5) is 11.4. The lowest BCUT2D eigenvalue weighted by molar-refractivity contribution is -0.120. The van der Waals surface area contributed by atoms with Crippen molar-refractivity contribution in [2.24, 2.45) is 18.9 Å². The van der Waals surface area contributed by atoms with Crippen LogP contribution in [0.2, 0.25) is 0 Å². The van der Waals surface area contributed by atoms with E-state index >= 15 is 0 Å². The Bertz CT molecular complexity index is 356. The van der Waals surface area contributed by atoms with Gasteiger partial charge in [-0.25, -0.2) is 0 Å². The lowest BCUT2D eigenvalue weighted by Gasteiger charge is -2.12. The van der Waals surface area contributed by atoms with Crippen LogP contribution in [0, 0.1) is 11.8 Å². The van der Waals surface area contributed by atoms with Gasteiger partial charge in [-0.15, -0.1) is 0 Å². The highest BCUT2D eigenvalue weighted by Crippen LogP contribution is 2.31. The molecular weight excluding hydrogens is 188 g/mol. The van der Waals surface area contributed by atoms with Crippen LogP contribution in [0.3, 0.4) is 0 Å². The standard InChI is InChI=1S/C12H18N2O/c1-9-11(5-6-12(9)15)4-3-10-7-13-14(2)8-10/h7-9,11H,3-6H2,1-2H3. The van der Waals surface area contributed by atoms with Crippen LogP contribution in [-0.2, 0) is 18.3 Å². The van der Waals surface area contributed by atoms with Gasteiger partial charge in [0.25, 0.3) is 0 Å². The highest BCUT2D eigenvalue weighted by Gasteiger charge is 2.30. The van der Waals surface area contributed by atoms with Gasteiger partial charge in [0.1, 0.15) is 5.78 Å². The van der Waals surface area contributed by atoms with Gasteiger partial charge in [-0.2, -0.15) is 5.10 Å². The van der Waals surface area contributed by atoms with Crippen LogP contribution in [0.1, 0.15) is 31.7 Å². The zero-order chi connectivity index (χ0) is 10.8. The van der Waals surface area contributed by atoms with Crippen molar-refractivity contribution in [3.63, 3.8) is 0 Å². The molecule has 2 unspecified atom stereocenters. The van der Waals surface area contributed by atoms with Gasteiger partial charge < -0.3 is 0 Å². The highest BCUT2D eigenvalue weighted by molar-refractivity contribution is 5.82. The average Bonchev–Trinajstić information content (AvgIpc) is 2.74. The number of hydrogen-bond donors (Lipinski definition) is 0. The maximum Gasteiger partial charge on any atom is 0.135 e. The molecule has 2 rings (SSSR count). The van der Waals surface area contributed by atoms with Crippen molar-refractivity contribution >= 4 is 5.78 Å². The van der Waals surface area contributed by atoms with Gasteiger partial charge in [0.2, 0.25) is 0 Å². The summed E-state index contributed by atoms with van der Waals surface area (Å²) < 4.78 is 1.83. The predicted octanol–water partition coefficient (Wildman–Crippen LogP) is 1.97. The van der Waals surface area contributed by atoms with Crippen molar-refractivity contribution in [1.29, 1.82) is 0 Å². The summed E-state index contributed by atoms with van der Waals surface area (Å²) in [6.45, 7) is 2.07. The summed E-state index contributed by atoms with van der Waals surface area (Å²) in [5.74, 6) is 1.32. The summed E-state index contributed by atoms with van der Waals surface area (Å²) in [5.41, 5.74) is 1.28. The van der Waals surface area contributed by atoms with Gasteiger partial charge in [0.15, 0.2) is 0 Å². The molecule has 3 nitrogen and oxygen atoms in total. The van der Waals surface area contributed by atoms with Crippen molar-refractivity contribution in [1.82, 2.24) is 9.78 Å². The molecule has 0 aromatic carbocycles. The molecule has 3 heteroatoms. The van der Waals surface area contributed by atoms with Gasteiger partial charge in [-0.05, 0) is 30.7 Å². The van der Waals surface area contributed by atoms with Gasteiger partial charge >= 0.3 is 0 Å². The Balaban J connectivity index is 1.86. The van der Waals surface area contributed by atoms with Crippen LogP contribution in [-0.4, -0.2) is 15.6 Å². The van der Waals surface area contributed by atoms with E-state index < -0.39 is 0 Å². The van der Waals surface area contributed by atoms with E-state index in [0.29, 0.717) is 11.7 Å². The van der Waals surface area contributed by atoms with Crippen molar-refractivity contribution < 1.29 is 4.79 Å². The molecule has 0 spiro atoms. The molecule has 1 aromatic heterocycles. The predicted molar refractivity (Wildman–Crippen MR) is 58.4 cm³/mol. The number of aryl methyl sites for hydroxylation is 2. The fourth-order valence-corrected chi connectivity index (χ4v) is 2.42. The lowest BCUT2D eigenvalue weighted by atomic mass is 9.92. The van der Waals surface area contributed by atoms with E-state index in [2.05, 4.69) is 18.2 Å². The molecule has 2 atom stereocenters. The molecular formula is C12H18N2O. The number of Topliss-reactive ketones (excluding diaryl/α,β-unsaturated/α-hetero) is 1. The Morgan fingerprint density at radius 2 is 2.40 bits per heavy atom. The molecule has 82 valence electrons. The van der Waals surface area contributed by atoms with E-state index in [-0.39, 0.29) is 5.92 Å². The summed E-state index contributed by atoms with van der Waals surface area (Å²) in [5, 5.41) is 4.15. The fourth-order valence-electron chi connectivity index (χ4n) is 2.42. The quantitative estimate of drug-likeness (QED) is 0.757. The molecule has 0 saturated heterocycles. The monoisotopic (exact) mass is 206 g/mol. The fraction of sp³-hybridized carbons (Fsp3) is 0.667. The number of aromatic nitrogens is 2. The van der Waals surface area contributed by atoms with Gasteiger partial charge in [0, 0.05) is 25.6 Å². The number of nitrogens with zero attached hydrogens (tertiary/aromatic N) is 2. The first-order valence-electron chi connectivity index (χ1n) is 5.67. The minimum Gasteiger partial charge on any atom is -0.299 e. The zero-order valence-corrected chi connectivity index (χ0v) is 9.44.